The van der Waals surface area contributed by atoms with Gasteiger partial charge in [-0.05, 0) is 67.8 Å². The van der Waals surface area contributed by atoms with Crippen LogP contribution in [0.15, 0.2) is 73.1 Å². The van der Waals surface area contributed by atoms with Crippen molar-refractivity contribution in [1.82, 2.24) is 35.4 Å². The third kappa shape index (κ3) is 5.87. The Hall–Kier alpha value is -4.17. The van der Waals surface area contributed by atoms with Gasteiger partial charge in [0.1, 0.15) is 11.0 Å². The quantitative estimate of drug-likeness (QED) is 0.230. The summed E-state index contributed by atoms with van der Waals surface area (Å²) >= 11 is 0. The standard InChI is InChI=1S/C32H40N8/c1-8-22(19-23(9-2)33-21(3)20-32(4,5)6)24-13-14-26-29(34-24)30(38-37-26)31-35-25-11-10-12-27(28(25)36-31)40-17-15-39(7)16-18-40/h8-14,19,33H,2-3,15-18,20H2,1,4-7H3,(H,35,36)(H,37,38)/b22-8+,23-19+. The highest BCUT2D eigenvalue weighted by Crippen LogP contribution is 2.31. The van der Waals surface area contributed by atoms with Crippen LogP contribution in [0.25, 0.3) is 39.2 Å². The first-order valence-electron chi connectivity index (χ1n) is 13.9. The van der Waals surface area contributed by atoms with E-state index in [2.05, 4.69) is 102 Å². The van der Waals surface area contributed by atoms with Crippen LogP contribution in [0.1, 0.15) is 39.8 Å². The number of benzene rings is 1. The van der Waals surface area contributed by atoms with E-state index in [1.54, 1.807) is 0 Å². The number of nitrogens with zero attached hydrogens (tertiary/aromatic N) is 5. The van der Waals surface area contributed by atoms with Crippen LogP contribution in [0.4, 0.5) is 5.69 Å². The minimum absolute atomic E-state index is 0.145. The number of allylic oxidation sites excluding steroid dienone is 5. The van der Waals surface area contributed by atoms with Crippen molar-refractivity contribution in [3.05, 3.63) is 78.8 Å². The summed E-state index contributed by atoms with van der Waals surface area (Å²) in [5.41, 5.74) is 9.24. The van der Waals surface area contributed by atoms with E-state index in [4.69, 9.17) is 9.97 Å². The molecule has 1 aliphatic heterocycles. The first-order chi connectivity index (χ1) is 19.1. The van der Waals surface area contributed by atoms with Gasteiger partial charge >= 0.3 is 0 Å². The molecule has 1 aromatic carbocycles. The van der Waals surface area contributed by atoms with Gasteiger partial charge < -0.3 is 20.1 Å². The van der Waals surface area contributed by atoms with Crippen molar-refractivity contribution in [2.45, 2.75) is 34.1 Å². The van der Waals surface area contributed by atoms with Gasteiger partial charge in [-0.3, -0.25) is 5.10 Å². The molecule has 8 nitrogen and oxygen atoms in total. The lowest BCUT2D eigenvalue weighted by atomic mass is 9.91. The largest absolute Gasteiger partial charge is 0.367 e. The number of anilines is 1. The molecule has 3 aromatic heterocycles. The molecule has 1 fully saturated rings. The Labute approximate surface area is 236 Å². The van der Waals surface area contributed by atoms with Gasteiger partial charge in [-0.2, -0.15) is 5.10 Å². The van der Waals surface area contributed by atoms with E-state index < -0.39 is 0 Å². The maximum Gasteiger partial charge on any atom is 0.161 e. The Morgan fingerprint density at radius 1 is 1.05 bits per heavy atom. The van der Waals surface area contributed by atoms with Crippen molar-refractivity contribution in [3.63, 3.8) is 0 Å². The number of aromatic amines is 2. The molecular formula is C32H40N8. The van der Waals surface area contributed by atoms with E-state index in [0.717, 1.165) is 83.0 Å². The van der Waals surface area contributed by atoms with Gasteiger partial charge in [0.05, 0.1) is 22.4 Å². The lowest BCUT2D eigenvalue weighted by molar-refractivity contribution is 0.313. The maximum absolute atomic E-state index is 5.03. The molecule has 0 spiro atoms. The molecule has 0 atom stereocenters. The zero-order valence-corrected chi connectivity index (χ0v) is 24.3. The number of pyridine rings is 1. The third-order valence-corrected chi connectivity index (χ3v) is 7.17. The Morgan fingerprint density at radius 2 is 1.82 bits per heavy atom. The molecule has 1 saturated heterocycles. The van der Waals surface area contributed by atoms with Crippen LogP contribution in [0.2, 0.25) is 0 Å². The molecule has 0 unspecified atom stereocenters. The fourth-order valence-corrected chi connectivity index (χ4v) is 5.16. The predicted molar refractivity (Wildman–Crippen MR) is 167 cm³/mol. The molecule has 1 aliphatic rings. The minimum Gasteiger partial charge on any atom is -0.367 e. The second kappa shape index (κ2) is 11.1. The molecule has 0 bridgehead atoms. The smallest absolute Gasteiger partial charge is 0.161 e. The summed E-state index contributed by atoms with van der Waals surface area (Å²) in [6, 6.07) is 10.3. The van der Waals surface area contributed by atoms with Gasteiger partial charge in [0, 0.05) is 37.6 Å². The van der Waals surface area contributed by atoms with Crippen LogP contribution in [-0.4, -0.2) is 63.3 Å². The zero-order valence-electron chi connectivity index (χ0n) is 24.3. The topological polar surface area (TPSA) is 88.8 Å². The van der Waals surface area contributed by atoms with Crippen LogP contribution < -0.4 is 10.2 Å². The lowest BCUT2D eigenvalue weighted by Gasteiger charge is -2.34. The van der Waals surface area contributed by atoms with Crippen molar-refractivity contribution in [3.8, 4) is 11.5 Å². The van der Waals surface area contributed by atoms with Crippen molar-refractivity contribution in [1.29, 1.82) is 0 Å². The van der Waals surface area contributed by atoms with Gasteiger partial charge in [0.15, 0.2) is 11.5 Å². The molecule has 4 heterocycles. The Kier molecular flexibility index (Phi) is 7.63. The first-order valence-corrected chi connectivity index (χ1v) is 13.9. The SMILES string of the molecule is C=C/C(=C\C(=C/C)c1ccc2[nH]nc(-c3nc4c(N5CCN(C)CC5)cccc4[nH]3)c2n1)NC(=C)CC(C)(C)C. The zero-order chi connectivity index (χ0) is 28.4. The molecular weight excluding hydrogens is 496 g/mol. The summed E-state index contributed by atoms with van der Waals surface area (Å²) in [5, 5.41) is 11.2. The summed E-state index contributed by atoms with van der Waals surface area (Å²) in [6.45, 7) is 20.9. The number of hydrogen-bond acceptors (Lipinski definition) is 6. The monoisotopic (exact) mass is 536 g/mol. The van der Waals surface area contributed by atoms with E-state index in [1.807, 2.05) is 25.1 Å². The fraction of sp³-hybridized carbons (Fsp3) is 0.344. The average molecular weight is 537 g/mol. The highest BCUT2D eigenvalue weighted by atomic mass is 15.3. The number of aromatic nitrogens is 5. The molecule has 0 radical (unpaired) electrons. The Balaban J connectivity index is 1.47. The molecule has 8 heteroatoms. The molecule has 208 valence electrons. The van der Waals surface area contributed by atoms with Gasteiger partial charge in [-0.25, -0.2) is 9.97 Å². The van der Waals surface area contributed by atoms with Crippen molar-refractivity contribution < 1.29 is 0 Å². The molecule has 3 N–H and O–H groups in total. The summed E-state index contributed by atoms with van der Waals surface area (Å²) in [6.07, 6.45) is 6.78. The van der Waals surface area contributed by atoms with E-state index in [0.29, 0.717) is 11.5 Å². The number of rotatable bonds is 8. The highest BCUT2D eigenvalue weighted by molar-refractivity contribution is 5.95. The summed E-state index contributed by atoms with van der Waals surface area (Å²) in [7, 11) is 2.17. The average Bonchev–Trinajstić information content (AvgIpc) is 3.54. The van der Waals surface area contributed by atoms with Gasteiger partial charge in [-0.15, -0.1) is 0 Å². The molecule has 5 rings (SSSR count). The number of likely N-dealkylation sites (N-methyl/N-ethyl adjacent to an activating group) is 1. The number of piperazine rings is 1. The molecule has 0 amide bonds. The van der Waals surface area contributed by atoms with Crippen LogP contribution >= 0.6 is 0 Å². The normalized spacial score (nSPS) is 15.7. The predicted octanol–water partition coefficient (Wildman–Crippen LogP) is 6.27. The Morgan fingerprint density at radius 3 is 2.52 bits per heavy atom. The van der Waals surface area contributed by atoms with Gasteiger partial charge in [0.25, 0.3) is 0 Å². The third-order valence-electron chi connectivity index (χ3n) is 7.17. The first kappa shape index (κ1) is 27.4. The number of hydrogen-bond donors (Lipinski definition) is 3. The summed E-state index contributed by atoms with van der Waals surface area (Å²) < 4.78 is 0. The second-order valence-corrected chi connectivity index (χ2v) is 11.7. The number of imidazole rings is 1. The van der Waals surface area contributed by atoms with Crippen LogP contribution in [0, 0.1) is 5.41 Å². The number of H-pyrrole nitrogens is 2. The molecule has 4 aromatic rings. The summed E-state index contributed by atoms with van der Waals surface area (Å²) in [4.78, 5) is 18.3. The number of para-hydroxylation sites is 1. The fourth-order valence-electron chi connectivity index (χ4n) is 5.16. The molecule has 0 aliphatic carbocycles. The number of nitrogens with one attached hydrogen (secondary N) is 3. The van der Waals surface area contributed by atoms with E-state index in [9.17, 15) is 0 Å². The van der Waals surface area contributed by atoms with Crippen molar-refractivity contribution in [2.24, 2.45) is 5.41 Å². The van der Waals surface area contributed by atoms with Crippen LogP contribution in [0.3, 0.4) is 0 Å². The highest BCUT2D eigenvalue weighted by Gasteiger charge is 2.20. The van der Waals surface area contributed by atoms with Crippen LogP contribution in [0.5, 0.6) is 0 Å². The lowest BCUT2D eigenvalue weighted by Crippen LogP contribution is -2.44. The second-order valence-electron chi connectivity index (χ2n) is 11.7. The van der Waals surface area contributed by atoms with Crippen LogP contribution in [-0.2, 0) is 0 Å². The minimum atomic E-state index is 0.145. The van der Waals surface area contributed by atoms with Gasteiger partial charge in [-0.1, -0.05) is 46.1 Å². The van der Waals surface area contributed by atoms with E-state index >= 15 is 0 Å². The molecule has 0 saturated carbocycles. The van der Waals surface area contributed by atoms with Crippen molar-refractivity contribution in [2.75, 3.05) is 38.1 Å². The van der Waals surface area contributed by atoms with Crippen molar-refractivity contribution >= 4 is 33.3 Å². The van der Waals surface area contributed by atoms with E-state index in [-0.39, 0.29) is 5.41 Å². The Bertz CT molecular complexity index is 1600. The summed E-state index contributed by atoms with van der Waals surface area (Å²) in [5.74, 6) is 0.706. The van der Waals surface area contributed by atoms with Gasteiger partial charge in [0.2, 0.25) is 0 Å². The number of fused-ring (bicyclic) bond motifs is 2. The van der Waals surface area contributed by atoms with E-state index in [1.165, 1.54) is 0 Å². The maximum atomic E-state index is 5.03. The molecule has 40 heavy (non-hydrogen) atoms.